The molecule has 0 spiro atoms. The second-order valence-electron chi connectivity index (χ2n) is 0.816. The summed E-state index contributed by atoms with van der Waals surface area (Å²) in [6.45, 7) is 0. The first-order chi connectivity index (χ1) is 16.5. The van der Waals surface area contributed by atoms with Gasteiger partial charge in [-0.25, -0.2) is 0 Å². The fourth-order valence-corrected chi connectivity index (χ4v) is 0. The normalized spacial score (nSPS) is 19.2. The maximum absolute atomic E-state index is 8.52. The zero-order chi connectivity index (χ0) is 34.2. The van der Waals surface area contributed by atoms with Gasteiger partial charge >= 0.3 is 40.1 Å². The molecule has 0 amide bonds. The molecule has 0 aromatic heterocycles. The van der Waals surface area contributed by atoms with Crippen LogP contribution in [0.4, 0.5) is 0 Å². The standard InChI is InChI=1S/Cr.2H3N.2H2O4S.6H2O/c;;;2*1-5(2,3)4;;;;;;/h;2*1H3;2*(H2,1,2,3,4);6*1H2/q+2;;;;;;;;;;/p+2/i/hD20. The first-order valence-corrected chi connectivity index (χ1v) is 4.00. The largest absolute Gasteiger partial charge is 2.00 e. The molecule has 0 atom stereocenters. The monoisotopic (exact) mass is 412 g/mol. The summed E-state index contributed by atoms with van der Waals surface area (Å²) in [5, 5.41) is 0. The van der Waals surface area contributed by atoms with Crippen molar-refractivity contribution in [2.75, 3.05) is 0 Å². The topological polar surface area (TPSA) is 429 Å². The van der Waals surface area contributed by atoms with Crippen molar-refractivity contribution in [2.24, 2.45) is 0 Å². The number of hydrogen-bond donors (Lipinski definition) is 2. The molecule has 24 N–H and O–H groups in total. The molecule has 0 aliphatic carbocycles. The Labute approximate surface area is 148 Å². The molecule has 0 bridgehead atoms. The molecule has 0 heterocycles. The smallest absolute Gasteiger partial charge is 0.759 e. The van der Waals surface area contributed by atoms with Crippen molar-refractivity contribution < 1.29 is 96.6 Å². The minimum Gasteiger partial charge on any atom is -0.759 e. The van der Waals surface area contributed by atoms with Gasteiger partial charge in [0.2, 0.25) is 5.72 Å². The van der Waals surface area contributed by atoms with E-state index in [1.54, 1.807) is 0 Å². The van der Waals surface area contributed by atoms with E-state index in [9.17, 15) is 0 Å². The van der Waals surface area contributed by atoms with E-state index >= 15 is 0 Å². The predicted octanol–water partition coefficient (Wildman–Crippen LogP) is -7.26. The molecule has 0 aromatic rings. The molecular formula is H24CrN2O14S2+4. The summed E-state index contributed by atoms with van der Waals surface area (Å²) in [7, 11) is -10.3. The van der Waals surface area contributed by atoms with Crippen LogP contribution in [0.2, 0.25) is 11.3 Å². The summed E-state index contributed by atoms with van der Waals surface area (Å²) >= 11 is 0. The van der Waals surface area contributed by atoms with E-state index in [2.05, 4.69) is 11.0 Å². The van der Waals surface area contributed by atoms with Crippen LogP contribution >= 0.6 is 0 Å². The summed E-state index contributed by atoms with van der Waals surface area (Å²) in [6.07, 6.45) is -4.00. The summed E-state index contributed by atoms with van der Waals surface area (Å²) in [6, 6.07) is 0. The van der Waals surface area contributed by atoms with E-state index in [0.717, 1.165) is 0 Å². The van der Waals surface area contributed by atoms with Crippen molar-refractivity contribution in [1.29, 1.82) is 17.2 Å². The van der Waals surface area contributed by atoms with Gasteiger partial charge in [-0.1, -0.05) is 0 Å². The Kier molecular flexibility index (Phi) is 14.9. The van der Waals surface area contributed by atoms with Crippen molar-refractivity contribution in [3.05, 3.63) is 0 Å². The van der Waals surface area contributed by atoms with Gasteiger partial charge in [0.1, 0.15) is 0 Å². The number of rotatable bonds is 0. The van der Waals surface area contributed by atoms with Crippen LogP contribution in [0.5, 0.6) is 0 Å². The van der Waals surface area contributed by atoms with Crippen LogP contribution in [-0.4, -0.2) is 63.2 Å². The molecule has 0 saturated heterocycles. The predicted molar refractivity (Wildman–Crippen MR) is 59.6 cm³/mol. The van der Waals surface area contributed by atoms with Gasteiger partial charge < -0.3 is 63.3 Å². The summed E-state index contributed by atoms with van der Waals surface area (Å²) in [5.41, 5.74) is 13.5. The van der Waals surface area contributed by atoms with Crippen LogP contribution < -0.4 is 12.2 Å². The Bertz CT molecular complexity index is 442. The van der Waals surface area contributed by atoms with Gasteiger partial charge in [-0.05, 0) is 0 Å². The van der Waals surface area contributed by atoms with Crippen LogP contribution in [0.1, 0.15) is 0 Å². The van der Waals surface area contributed by atoms with Crippen molar-refractivity contribution >= 4 is 20.8 Å². The van der Waals surface area contributed by atoms with Crippen LogP contribution in [-0.2, 0) is 60.1 Å². The Morgan fingerprint density at radius 3 is 0.895 bits per heavy atom. The molecule has 19 heavy (non-hydrogen) atoms. The Balaban J connectivity index is -0.0000000250. The van der Waals surface area contributed by atoms with Crippen LogP contribution in [0.3, 0.4) is 0 Å². The molecule has 0 aromatic carbocycles. The zero-order valence-electron chi connectivity index (χ0n) is 28.0. The quantitative estimate of drug-likeness (QED) is 0.218. The fourth-order valence-electron chi connectivity index (χ4n) is 0. The van der Waals surface area contributed by atoms with Gasteiger partial charge in [-0.15, -0.1) is 0 Å². The summed E-state index contributed by atoms with van der Waals surface area (Å²) in [4.78, 5) is 0. The number of hydrogen-bond acceptors (Lipinski definition) is 8. The first-order valence-electron chi connectivity index (χ1n) is 10.1. The van der Waals surface area contributed by atoms with Crippen LogP contribution in [0, 0.1) is 0 Å². The van der Waals surface area contributed by atoms with Gasteiger partial charge in [0.05, 0.1) is 0 Å². The van der Waals surface area contributed by atoms with Crippen molar-refractivity contribution in [3.63, 3.8) is 0 Å². The van der Waals surface area contributed by atoms with Gasteiger partial charge in [-0.2, -0.15) is 0 Å². The van der Waals surface area contributed by atoms with E-state index in [4.69, 9.17) is 63.5 Å². The Morgan fingerprint density at radius 1 is 0.895 bits per heavy atom. The molecule has 0 rings (SSSR count). The third-order valence-electron chi connectivity index (χ3n) is 0. The SMILES string of the molecule is O=S(=O)([O-])[O-].O=S(=O)([O-])[O-].[2H]O[2H].[2H]O[2H].[2H][N+]([2H])([2H])[2H].[2H][N+]([2H])([2H])[2H].[2H][OH+][2H].[2H][OH+][2H].[2H][OH+][2H].[2H][OH+][2H].[Cr+2]. The van der Waals surface area contributed by atoms with E-state index in [-0.39, 0.29) is 17.4 Å². The second kappa shape index (κ2) is 36.1. The molecule has 0 aliphatic heterocycles. The third-order valence-corrected chi connectivity index (χ3v) is 0. The second-order valence-corrected chi connectivity index (χ2v) is 2.45. The summed E-state index contributed by atoms with van der Waals surface area (Å²) < 4.78 is 181. The molecule has 0 aliphatic rings. The van der Waals surface area contributed by atoms with Crippen molar-refractivity contribution in [1.82, 2.24) is 12.2 Å². The molecule has 19 heteroatoms. The van der Waals surface area contributed by atoms with Crippen LogP contribution in [0.25, 0.3) is 0 Å². The Morgan fingerprint density at radius 2 is 0.895 bits per heavy atom. The molecule has 132 valence electrons. The fraction of sp³-hybridized carbons (Fsp3) is 0. The maximum Gasteiger partial charge on any atom is 2.00 e. The molecular weight excluding hydrogens is 368 g/mol. The van der Waals surface area contributed by atoms with Crippen LogP contribution in [0.15, 0.2) is 0 Å². The average Bonchev–Trinajstić information content (AvgIpc) is 2.52. The van der Waals surface area contributed by atoms with Gasteiger partial charge in [0.15, 0.2) is 0 Å². The van der Waals surface area contributed by atoms with Gasteiger partial charge in [0, 0.05) is 20.8 Å². The zero-order valence-corrected chi connectivity index (χ0v) is 10.9. The van der Waals surface area contributed by atoms with Gasteiger partial charge in [-0.3, -0.25) is 16.8 Å². The number of quaternary nitrogens is 2. The van der Waals surface area contributed by atoms with E-state index < -0.39 is 33.0 Å². The molecule has 0 radical (unpaired) electrons. The van der Waals surface area contributed by atoms with Crippen molar-refractivity contribution in [3.8, 4) is 0 Å². The molecule has 0 unspecified atom stereocenters. The Hall–Kier alpha value is -0.0475. The minimum atomic E-state index is -5.17. The van der Waals surface area contributed by atoms with E-state index in [1.165, 1.54) is 0 Å². The van der Waals surface area contributed by atoms with Gasteiger partial charge in [0.25, 0.3) is 0 Å². The minimum absolute atomic E-state index is 0. The van der Waals surface area contributed by atoms with Crippen molar-refractivity contribution in [2.45, 2.75) is 0 Å². The summed E-state index contributed by atoms with van der Waals surface area (Å²) in [5.74, 6) is 0. The average molecular weight is 412 g/mol. The molecule has 0 saturated carbocycles. The molecule has 16 nitrogen and oxygen atoms in total. The third kappa shape index (κ3) is 2020000. The van der Waals surface area contributed by atoms with E-state index in [0.29, 0.717) is 0 Å². The molecule has 0 fully saturated rings. The van der Waals surface area contributed by atoms with E-state index in [1.807, 2.05) is 21.9 Å². The first kappa shape index (κ1) is 7.82. The maximum atomic E-state index is 8.52.